The summed E-state index contributed by atoms with van der Waals surface area (Å²) in [7, 11) is 3.16. The van der Waals surface area contributed by atoms with Gasteiger partial charge in [-0.05, 0) is 61.1 Å². The van der Waals surface area contributed by atoms with E-state index in [1.165, 1.54) is 17.0 Å². The largest absolute Gasteiger partial charge is 0.490 e. The number of nitrogens with two attached hydrogens (primary N) is 2. The highest BCUT2D eigenvalue weighted by Gasteiger charge is 2.38. The van der Waals surface area contributed by atoms with E-state index >= 15 is 4.39 Å². The number of carbonyl (C=O) groups is 3. The Morgan fingerprint density at radius 1 is 1.02 bits per heavy atom. The van der Waals surface area contributed by atoms with Crippen molar-refractivity contribution in [3.8, 4) is 16.9 Å². The number of likely N-dealkylation sites (N-methyl/N-ethyl adjacent to an activating group) is 1. The van der Waals surface area contributed by atoms with Crippen molar-refractivity contribution in [3.63, 3.8) is 0 Å². The van der Waals surface area contributed by atoms with Gasteiger partial charge in [-0.2, -0.15) is 13.2 Å². The number of hydrogen-bond donors (Lipinski definition) is 4. The molecule has 1 atom stereocenters. The first-order valence-corrected chi connectivity index (χ1v) is 15.1. The molecule has 1 fully saturated rings. The first kappa shape index (κ1) is 37.3. The van der Waals surface area contributed by atoms with E-state index in [9.17, 15) is 22.8 Å². The quantitative estimate of drug-likeness (QED) is 0.212. The minimum absolute atomic E-state index is 0.0317. The molecule has 1 unspecified atom stereocenters. The van der Waals surface area contributed by atoms with Gasteiger partial charge >= 0.3 is 12.1 Å². The van der Waals surface area contributed by atoms with Gasteiger partial charge in [0.1, 0.15) is 0 Å². The number of halogens is 5. The molecule has 3 aromatic rings. The first-order chi connectivity index (χ1) is 22.1. The predicted octanol–water partition coefficient (Wildman–Crippen LogP) is 5.34. The fourth-order valence-corrected chi connectivity index (χ4v) is 5.29. The van der Waals surface area contributed by atoms with E-state index in [0.29, 0.717) is 18.2 Å². The lowest BCUT2D eigenvalue weighted by Crippen LogP contribution is -2.39. The molecule has 1 saturated carbocycles. The van der Waals surface area contributed by atoms with Crippen molar-refractivity contribution >= 4 is 29.4 Å². The third kappa shape index (κ3) is 10.4. The van der Waals surface area contributed by atoms with Gasteiger partial charge in [0.25, 0.3) is 5.91 Å². The van der Waals surface area contributed by atoms with Crippen LogP contribution in [0.1, 0.15) is 53.1 Å². The van der Waals surface area contributed by atoms with Crippen LogP contribution in [0.5, 0.6) is 5.75 Å². The van der Waals surface area contributed by atoms with Gasteiger partial charge in [0.05, 0.1) is 5.56 Å². The number of carbonyl (C=O) groups excluding carboxylic acids is 2. The maximum Gasteiger partial charge on any atom is 0.490 e. The zero-order chi connectivity index (χ0) is 34.9. The van der Waals surface area contributed by atoms with Crippen LogP contribution < -0.4 is 21.5 Å². The molecule has 0 radical (unpaired) electrons. The van der Waals surface area contributed by atoms with Gasteiger partial charge in [0.15, 0.2) is 18.2 Å². The minimum atomic E-state index is -5.08. The fourth-order valence-electron chi connectivity index (χ4n) is 5.08. The standard InChI is InChI=1S/C31H36ClFN4O3.C2HF3O2/c1-37(2)28(38)18-40-27-15-13-23(31(35)39)29(30(27)33)24-16-20(8-14-26(24)32)25(19-6-4-3-5-7-19)17-36-22-11-9-21(34)10-12-22;3-2(4,5)1(6)7/h3-8,13-16,21-22,25,36H,9-12,17-18,34H2,1-2H3,(H2,35,39);(H,6,7). The molecule has 2 amide bonds. The number of hydrogen-bond acceptors (Lipinski definition) is 6. The van der Waals surface area contributed by atoms with Crippen LogP contribution in [0.3, 0.4) is 0 Å². The Kier molecular flexibility index (Phi) is 13.1. The molecule has 0 aliphatic heterocycles. The molecule has 9 nitrogen and oxygen atoms in total. The summed E-state index contributed by atoms with van der Waals surface area (Å²) in [5.41, 5.74) is 13.9. The molecule has 14 heteroatoms. The highest BCUT2D eigenvalue weighted by Crippen LogP contribution is 2.39. The van der Waals surface area contributed by atoms with Crippen molar-refractivity contribution in [3.05, 3.63) is 88.2 Å². The smallest absolute Gasteiger partial charge is 0.481 e. The number of aliphatic carboxylic acids is 1. The van der Waals surface area contributed by atoms with E-state index in [1.54, 1.807) is 26.2 Å². The summed E-state index contributed by atoms with van der Waals surface area (Å²) in [5, 5.41) is 11.1. The number of nitrogens with one attached hydrogen (secondary N) is 1. The molecule has 0 bridgehead atoms. The second-order valence-electron chi connectivity index (χ2n) is 11.3. The summed E-state index contributed by atoms with van der Waals surface area (Å²) in [6, 6.07) is 18.8. The van der Waals surface area contributed by atoms with Crippen molar-refractivity contribution < 1.29 is 41.8 Å². The van der Waals surface area contributed by atoms with E-state index in [2.05, 4.69) is 17.4 Å². The Balaban J connectivity index is 0.000000771. The highest BCUT2D eigenvalue weighted by atomic mass is 35.5. The number of carboxylic acids is 1. The minimum Gasteiger partial charge on any atom is -0.481 e. The van der Waals surface area contributed by atoms with Crippen molar-refractivity contribution in [1.29, 1.82) is 0 Å². The summed E-state index contributed by atoms with van der Waals surface area (Å²) in [4.78, 5) is 34.6. The lowest BCUT2D eigenvalue weighted by Gasteiger charge is -2.29. The Hall–Kier alpha value is -4.20. The fraction of sp³-hybridized carbons (Fsp3) is 0.364. The summed E-state index contributed by atoms with van der Waals surface area (Å²) in [5.74, 6) is -4.94. The van der Waals surface area contributed by atoms with Gasteiger partial charge in [-0.3, -0.25) is 9.59 Å². The van der Waals surface area contributed by atoms with Crippen LogP contribution in [0.15, 0.2) is 60.7 Å². The average Bonchev–Trinajstić information content (AvgIpc) is 3.02. The van der Waals surface area contributed by atoms with E-state index in [0.717, 1.165) is 36.8 Å². The zero-order valence-electron chi connectivity index (χ0n) is 25.8. The number of ether oxygens (including phenoxy) is 1. The van der Waals surface area contributed by atoms with Crippen LogP contribution in [0, 0.1) is 5.82 Å². The van der Waals surface area contributed by atoms with Crippen LogP contribution in [-0.2, 0) is 9.59 Å². The Morgan fingerprint density at radius 3 is 2.19 bits per heavy atom. The molecule has 254 valence electrons. The van der Waals surface area contributed by atoms with Crippen LogP contribution in [0.4, 0.5) is 17.6 Å². The molecule has 0 saturated heterocycles. The third-order valence-corrected chi connectivity index (χ3v) is 8.04. The van der Waals surface area contributed by atoms with Crippen LogP contribution >= 0.6 is 11.6 Å². The molecule has 3 aromatic carbocycles. The van der Waals surface area contributed by atoms with Crippen molar-refractivity contribution in [2.24, 2.45) is 11.5 Å². The zero-order valence-corrected chi connectivity index (χ0v) is 26.6. The lowest BCUT2D eigenvalue weighted by atomic mass is 9.87. The van der Waals surface area contributed by atoms with Gasteiger partial charge in [-0.1, -0.05) is 48.0 Å². The lowest BCUT2D eigenvalue weighted by molar-refractivity contribution is -0.192. The van der Waals surface area contributed by atoms with E-state index in [-0.39, 0.29) is 46.4 Å². The number of nitrogens with zero attached hydrogens (tertiary/aromatic N) is 1. The van der Waals surface area contributed by atoms with Crippen molar-refractivity contribution in [2.75, 3.05) is 27.2 Å². The topological polar surface area (TPSA) is 148 Å². The Labute approximate surface area is 274 Å². The van der Waals surface area contributed by atoms with Crippen LogP contribution in [0.2, 0.25) is 5.02 Å². The number of alkyl halides is 3. The van der Waals surface area contributed by atoms with E-state index in [4.69, 9.17) is 37.7 Å². The van der Waals surface area contributed by atoms with Gasteiger partial charge < -0.3 is 31.5 Å². The number of carboxylic acid groups (broad SMARTS) is 1. The molecule has 4 rings (SSSR count). The Bertz CT molecular complexity index is 1550. The van der Waals surface area contributed by atoms with Crippen LogP contribution in [-0.4, -0.2) is 73.3 Å². The Morgan fingerprint density at radius 2 is 1.64 bits per heavy atom. The highest BCUT2D eigenvalue weighted by molar-refractivity contribution is 6.33. The molecule has 47 heavy (non-hydrogen) atoms. The first-order valence-electron chi connectivity index (χ1n) is 14.7. The molecule has 0 spiro atoms. The van der Waals surface area contributed by atoms with Gasteiger partial charge in [-0.25, -0.2) is 9.18 Å². The molecule has 0 aromatic heterocycles. The van der Waals surface area contributed by atoms with Crippen molar-refractivity contribution in [1.82, 2.24) is 10.2 Å². The predicted molar refractivity (Wildman–Crippen MR) is 170 cm³/mol. The van der Waals surface area contributed by atoms with Gasteiger partial charge in [0.2, 0.25) is 5.91 Å². The van der Waals surface area contributed by atoms with E-state index < -0.39 is 23.9 Å². The summed E-state index contributed by atoms with van der Waals surface area (Å²) in [6.45, 7) is 0.298. The monoisotopic (exact) mass is 680 g/mol. The molecular weight excluding hydrogens is 644 g/mol. The summed E-state index contributed by atoms with van der Waals surface area (Å²) >= 11 is 6.62. The molecule has 1 aliphatic carbocycles. The number of benzene rings is 3. The molecular formula is C33H37ClF4N4O5. The number of rotatable bonds is 10. The SMILES string of the molecule is CN(C)C(=O)COc1ccc(C(N)=O)c(-c2cc(C(CNC3CCC(N)CC3)c3ccccc3)ccc2Cl)c1F.O=C(O)C(F)(F)F. The summed E-state index contributed by atoms with van der Waals surface area (Å²) in [6.07, 6.45) is -1.06. The van der Waals surface area contributed by atoms with Gasteiger partial charge in [-0.15, -0.1) is 0 Å². The van der Waals surface area contributed by atoms with Crippen LogP contribution in [0.25, 0.3) is 11.1 Å². The molecule has 0 heterocycles. The molecule has 1 aliphatic rings. The molecule has 6 N–H and O–H groups in total. The maximum absolute atomic E-state index is 16.0. The normalized spacial score (nSPS) is 16.8. The summed E-state index contributed by atoms with van der Waals surface area (Å²) < 4.78 is 53.2. The van der Waals surface area contributed by atoms with E-state index in [1.807, 2.05) is 24.3 Å². The number of primary amides is 1. The van der Waals surface area contributed by atoms with Gasteiger partial charge in [0, 0.05) is 54.8 Å². The second-order valence-corrected chi connectivity index (χ2v) is 11.7. The maximum atomic E-state index is 16.0. The third-order valence-electron chi connectivity index (χ3n) is 7.71. The second kappa shape index (κ2) is 16.6. The number of amides is 2. The average molecular weight is 681 g/mol. The van der Waals surface area contributed by atoms with Crippen molar-refractivity contribution in [2.45, 2.75) is 49.9 Å².